The molecule has 0 aliphatic rings. The van der Waals surface area contributed by atoms with Crippen LogP contribution >= 0.6 is 0 Å². The zero-order valence-electron chi connectivity index (χ0n) is 12.1. The number of nitrogen functional groups attached to an aromatic ring is 1. The van der Waals surface area contributed by atoms with Crippen LogP contribution in [0.15, 0.2) is 64.2 Å². The van der Waals surface area contributed by atoms with Crippen molar-refractivity contribution in [3.8, 4) is 0 Å². The Morgan fingerprint density at radius 3 is 1.39 bits per heavy atom. The second-order valence-corrected chi connectivity index (χ2v) is 5.88. The number of fused-ring (bicyclic) bond motifs is 6. The van der Waals surface area contributed by atoms with E-state index in [-0.39, 0.29) is 10.9 Å². The third-order valence-electron chi connectivity index (χ3n) is 4.74. The largest absolute Gasteiger partial charge is 0.397 e. The van der Waals surface area contributed by atoms with E-state index in [9.17, 15) is 9.59 Å². The number of hydrogen-bond acceptors (Lipinski definition) is 3. The smallest absolute Gasteiger partial charge is 0.196 e. The fourth-order valence-corrected chi connectivity index (χ4v) is 3.72. The van der Waals surface area contributed by atoms with Crippen molar-refractivity contribution in [2.45, 2.75) is 0 Å². The molecular formula is C20H11NO2. The van der Waals surface area contributed by atoms with Crippen LogP contribution < -0.4 is 16.6 Å². The Morgan fingerprint density at radius 2 is 0.957 bits per heavy atom. The van der Waals surface area contributed by atoms with Gasteiger partial charge in [-0.1, -0.05) is 48.5 Å². The minimum absolute atomic E-state index is 0.0975. The molecule has 3 heteroatoms. The van der Waals surface area contributed by atoms with E-state index >= 15 is 0 Å². The predicted octanol–water partition coefficient (Wildman–Crippen LogP) is 3.48. The molecule has 0 fully saturated rings. The fraction of sp³-hybridized carbons (Fsp3) is 0. The van der Waals surface area contributed by atoms with Crippen molar-refractivity contribution in [3.63, 3.8) is 0 Å². The second-order valence-electron chi connectivity index (χ2n) is 5.88. The topological polar surface area (TPSA) is 60.2 Å². The Morgan fingerprint density at radius 1 is 0.565 bits per heavy atom. The first kappa shape index (κ1) is 12.4. The highest BCUT2D eigenvalue weighted by molar-refractivity contribution is 6.26. The number of rotatable bonds is 0. The van der Waals surface area contributed by atoms with Crippen LogP contribution in [0, 0.1) is 0 Å². The van der Waals surface area contributed by atoms with Crippen molar-refractivity contribution in [2.75, 3.05) is 5.73 Å². The van der Waals surface area contributed by atoms with Crippen molar-refractivity contribution in [1.82, 2.24) is 0 Å². The van der Waals surface area contributed by atoms with E-state index in [2.05, 4.69) is 0 Å². The van der Waals surface area contributed by atoms with E-state index in [1.807, 2.05) is 42.5 Å². The Labute approximate surface area is 130 Å². The molecule has 0 aliphatic carbocycles. The standard InChI is InChI=1S/C20H11NO2/c21-18-16-14(10-5-1-3-7-12(10)19(16)22)9-15-11-6-2-4-8-13(11)20(23)17(15)18/h1-9H,21H2. The molecular weight excluding hydrogens is 286 g/mol. The van der Waals surface area contributed by atoms with E-state index in [4.69, 9.17) is 5.73 Å². The monoisotopic (exact) mass is 297 g/mol. The Hall–Kier alpha value is -3.20. The van der Waals surface area contributed by atoms with E-state index in [1.165, 1.54) is 0 Å². The van der Waals surface area contributed by atoms with Crippen LogP contribution in [0.25, 0.3) is 43.1 Å². The molecule has 108 valence electrons. The maximum Gasteiger partial charge on any atom is 0.196 e. The summed E-state index contributed by atoms with van der Waals surface area (Å²) >= 11 is 0. The number of nitrogens with two attached hydrogens (primary N) is 1. The average molecular weight is 297 g/mol. The van der Waals surface area contributed by atoms with E-state index in [1.54, 1.807) is 12.1 Å². The predicted molar refractivity (Wildman–Crippen MR) is 95.8 cm³/mol. The van der Waals surface area contributed by atoms with Crippen LogP contribution in [-0.4, -0.2) is 0 Å². The molecule has 5 aromatic rings. The van der Waals surface area contributed by atoms with Crippen LogP contribution in [0.2, 0.25) is 0 Å². The number of hydrogen-bond donors (Lipinski definition) is 1. The van der Waals surface area contributed by atoms with E-state index in [0.717, 1.165) is 21.5 Å². The lowest BCUT2D eigenvalue weighted by molar-refractivity contribution is 1.78. The lowest BCUT2D eigenvalue weighted by Crippen LogP contribution is -2.03. The Balaban J connectivity index is 2.21. The zero-order chi connectivity index (χ0) is 15.7. The quantitative estimate of drug-likeness (QED) is 0.445. The van der Waals surface area contributed by atoms with Gasteiger partial charge in [0, 0.05) is 10.8 Å². The highest BCUT2D eigenvalue weighted by atomic mass is 16.1. The molecule has 5 rings (SSSR count). The second kappa shape index (κ2) is 3.96. The third-order valence-corrected chi connectivity index (χ3v) is 4.74. The molecule has 0 aliphatic heterocycles. The minimum atomic E-state index is -0.0975. The summed E-state index contributed by atoms with van der Waals surface area (Å²) in [5, 5.41) is 5.66. The van der Waals surface area contributed by atoms with Crippen LogP contribution in [0.1, 0.15) is 0 Å². The highest BCUT2D eigenvalue weighted by Crippen LogP contribution is 2.36. The average Bonchev–Trinajstić information content (AvgIpc) is 3.03. The summed E-state index contributed by atoms with van der Waals surface area (Å²) in [7, 11) is 0. The van der Waals surface area contributed by atoms with Gasteiger partial charge in [-0.25, -0.2) is 0 Å². The summed E-state index contributed by atoms with van der Waals surface area (Å²) in [6, 6.07) is 16.9. The van der Waals surface area contributed by atoms with Crippen LogP contribution in [0.3, 0.4) is 0 Å². The van der Waals surface area contributed by atoms with Gasteiger partial charge in [0.05, 0.1) is 16.5 Å². The summed E-state index contributed by atoms with van der Waals surface area (Å²) in [6.45, 7) is 0. The summed E-state index contributed by atoms with van der Waals surface area (Å²) in [5.74, 6) is 0. The Kier molecular flexibility index (Phi) is 2.13. The molecule has 0 bridgehead atoms. The van der Waals surface area contributed by atoms with Gasteiger partial charge < -0.3 is 5.73 Å². The number of anilines is 1. The van der Waals surface area contributed by atoms with Gasteiger partial charge in [-0.2, -0.15) is 0 Å². The fourth-order valence-electron chi connectivity index (χ4n) is 3.72. The summed E-state index contributed by atoms with van der Waals surface area (Å²) in [5.41, 5.74) is 6.39. The van der Waals surface area contributed by atoms with E-state index < -0.39 is 0 Å². The van der Waals surface area contributed by atoms with Gasteiger partial charge in [0.15, 0.2) is 10.9 Å². The van der Waals surface area contributed by atoms with Gasteiger partial charge in [-0.15, -0.1) is 0 Å². The lowest BCUT2D eigenvalue weighted by atomic mass is 10.1. The normalized spacial score (nSPS) is 12.0. The first-order valence-corrected chi connectivity index (χ1v) is 7.43. The third kappa shape index (κ3) is 1.35. The van der Waals surface area contributed by atoms with Gasteiger partial charge in [-0.3, -0.25) is 9.59 Å². The van der Waals surface area contributed by atoms with Crippen LogP contribution in [-0.2, 0) is 0 Å². The van der Waals surface area contributed by atoms with Gasteiger partial charge in [0.25, 0.3) is 0 Å². The van der Waals surface area contributed by atoms with Crippen molar-refractivity contribution in [1.29, 1.82) is 0 Å². The Bertz CT molecular complexity index is 1250. The molecule has 0 spiro atoms. The van der Waals surface area contributed by atoms with E-state index in [0.29, 0.717) is 27.2 Å². The SMILES string of the molecule is Nc1c2c(=O)c3ccccc3c2cc2c1c(=O)c1ccccc12. The van der Waals surface area contributed by atoms with Crippen LogP contribution in [0.5, 0.6) is 0 Å². The molecule has 0 unspecified atom stereocenters. The summed E-state index contributed by atoms with van der Waals surface area (Å²) < 4.78 is 0. The van der Waals surface area contributed by atoms with Gasteiger partial charge in [0.2, 0.25) is 0 Å². The molecule has 5 aromatic carbocycles. The molecule has 0 saturated heterocycles. The lowest BCUT2D eigenvalue weighted by Gasteiger charge is -2.00. The zero-order valence-corrected chi connectivity index (χ0v) is 12.1. The van der Waals surface area contributed by atoms with Gasteiger partial charge in [-0.05, 0) is 27.6 Å². The summed E-state index contributed by atoms with van der Waals surface area (Å²) in [6.07, 6.45) is 0. The maximum absolute atomic E-state index is 12.7. The molecule has 0 atom stereocenters. The molecule has 0 radical (unpaired) electrons. The number of benzene rings is 3. The van der Waals surface area contributed by atoms with Gasteiger partial charge in [0.1, 0.15) is 0 Å². The van der Waals surface area contributed by atoms with Crippen molar-refractivity contribution in [3.05, 3.63) is 75.0 Å². The minimum Gasteiger partial charge on any atom is -0.397 e. The van der Waals surface area contributed by atoms with Gasteiger partial charge >= 0.3 is 0 Å². The molecule has 3 nitrogen and oxygen atoms in total. The molecule has 0 heterocycles. The van der Waals surface area contributed by atoms with Crippen molar-refractivity contribution in [2.24, 2.45) is 0 Å². The van der Waals surface area contributed by atoms with Crippen molar-refractivity contribution < 1.29 is 0 Å². The van der Waals surface area contributed by atoms with Crippen LogP contribution in [0.4, 0.5) is 5.69 Å². The first-order chi connectivity index (χ1) is 11.2. The molecule has 0 saturated carbocycles. The summed E-state index contributed by atoms with van der Waals surface area (Å²) in [4.78, 5) is 25.4. The molecule has 23 heavy (non-hydrogen) atoms. The molecule has 0 amide bonds. The molecule has 2 N–H and O–H groups in total. The maximum atomic E-state index is 12.7. The highest BCUT2D eigenvalue weighted by Gasteiger charge is 2.19. The molecule has 0 aromatic heterocycles. The van der Waals surface area contributed by atoms with Crippen molar-refractivity contribution >= 4 is 48.8 Å². The first-order valence-electron chi connectivity index (χ1n) is 7.43.